The van der Waals surface area contributed by atoms with Crippen molar-refractivity contribution in [1.29, 1.82) is 0 Å². The number of pyridine rings is 1. The van der Waals surface area contributed by atoms with Gasteiger partial charge in [-0.2, -0.15) is 0 Å². The lowest BCUT2D eigenvalue weighted by Gasteiger charge is -2.33. The number of anilines is 1. The molecule has 2 aromatic carbocycles. The number of fused-ring (bicyclic) bond motifs is 2. The van der Waals surface area contributed by atoms with Gasteiger partial charge in [0.15, 0.2) is 0 Å². The van der Waals surface area contributed by atoms with Gasteiger partial charge >= 0.3 is 0 Å². The predicted molar refractivity (Wildman–Crippen MR) is 112 cm³/mol. The second-order valence-electron chi connectivity index (χ2n) is 6.89. The van der Waals surface area contributed by atoms with E-state index in [0.29, 0.717) is 6.54 Å². The van der Waals surface area contributed by atoms with Crippen LogP contribution in [0.5, 0.6) is 0 Å². The van der Waals surface area contributed by atoms with E-state index in [1.54, 1.807) is 11.3 Å². The van der Waals surface area contributed by atoms with E-state index in [4.69, 9.17) is 4.98 Å². The Morgan fingerprint density at radius 1 is 0.963 bits per heavy atom. The van der Waals surface area contributed by atoms with Gasteiger partial charge < -0.3 is 4.90 Å². The summed E-state index contributed by atoms with van der Waals surface area (Å²) in [7, 11) is 0. The standard InChI is InChI=1S/C23H18N2OS/c1-15-14-25(16-8-3-2-4-9-16)23(26)21-20(19-12-7-13-27-19)17-10-5-6-11-18(17)24-22(15)21/h2-13,15H,14H2,1H3. The smallest absolute Gasteiger partial charge is 0.260 e. The number of nitrogens with zero attached hydrogens (tertiary/aromatic N) is 2. The normalized spacial score (nSPS) is 16.6. The predicted octanol–water partition coefficient (Wildman–Crippen LogP) is 5.73. The summed E-state index contributed by atoms with van der Waals surface area (Å²) in [5, 5.41) is 3.09. The lowest BCUT2D eigenvalue weighted by atomic mass is 9.89. The van der Waals surface area contributed by atoms with E-state index in [9.17, 15) is 4.79 Å². The highest BCUT2D eigenvalue weighted by Gasteiger charge is 2.34. The molecule has 0 bridgehead atoms. The third-order valence-corrected chi connectivity index (χ3v) is 6.03. The average molecular weight is 370 g/mol. The molecule has 3 heterocycles. The van der Waals surface area contributed by atoms with Crippen LogP contribution in [0.4, 0.5) is 5.69 Å². The van der Waals surface area contributed by atoms with Gasteiger partial charge in [0.1, 0.15) is 0 Å². The Balaban J connectivity index is 1.81. The number of aromatic nitrogens is 1. The molecule has 3 nitrogen and oxygen atoms in total. The Labute approximate surface area is 161 Å². The van der Waals surface area contributed by atoms with E-state index in [2.05, 4.69) is 24.4 Å². The maximum Gasteiger partial charge on any atom is 0.260 e. The first-order chi connectivity index (χ1) is 13.2. The first-order valence-electron chi connectivity index (χ1n) is 9.07. The highest BCUT2D eigenvalue weighted by molar-refractivity contribution is 7.13. The zero-order valence-electron chi connectivity index (χ0n) is 14.9. The summed E-state index contributed by atoms with van der Waals surface area (Å²) in [6.07, 6.45) is 0. The fourth-order valence-corrected chi connectivity index (χ4v) is 4.68. The summed E-state index contributed by atoms with van der Waals surface area (Å²) in [5.41, 5.74) is 4.56. The lowest BCUT2D eigenvalue weighted by Crippen LogP contribution is -2.40. The zero-order chi connectivity index (χ0) is 18.4. The van der Waals surface area contributed by atoms with Crippen LogP contribution in [0.2, 0.25) is 0 Å². The van der Waals surface area contributed by atoms with Crippen molar-refractivity contribution in [3.05, 3.63) is 83.4 Å². The van der Waals surface area contributed by atoms with Crippen molar-refractivity contribution in [2.45, 2.75) is 12.8 Å². The van der Waals surface area contributed by atoms with Crippen molar-refractivity contribution in [1.82, 2.24) is 4.98 Å². The van der Waals surface area contributed by atoms with Crippen LogP contribution in [-0.4, -0.2) is 17.4 Å². The van der Waals surface area contributed by atoms with E-state index >= 15 is 0 Å². The molecule has 1 atom stereocenters. The number of hydrogen-bond acceptors (Lipinski definition) is 3. The summed E-state index contributed by atoms with van der Waals surface area (Å²) >= 11 is 1.67. The van der Waals surface area contributed by atoms with E-state index in [-0.39, 0.29) is 11.8 Å². The molecule has 0 saturated heterocycles. The quantitative estimate of drug-likeness (QED) is 0.452. The number of benzene rings is 2. The number of carbonyl (C=O) groups excluding carboxylic acids is 1. The van der Waals surface area contributed by atoms with Crippen LogP contribution < -0.4 is 4.90 Å². The van der Waals surface area contributed by atoms with Crippen LogP contribution in [0.1, 0.15) is 28.9 Å². The SMILES string of the molecule is CC1CN(c2ccccc2)C(=O)c2c1nc1ccccc1c2-c1cccs1. The van der Waals surface area contributed by atoms with Crippen molar-refractivity contribution in [2.75, 3.05) is 11.4 Å². The third kappa shape index (κ3) is 2.56. The summed E-state index contributed by atoms with van der Waals surface area (Å²) in [5.74, 6) is 0.206. The van der Waals surface area contributed by atoms with Gasteiger partial charge in [0, 0.05) is 34.0 Å². The second kappa shape index (κ2) is 6.32. The molecule has 1 aliphatic heterocycles. The van der Waals surface area contributed by atoms with Gasteiger partial charge in [-0.05, 0) is 29.6 Å². The molecule has 1 aliphatic rings. The van der Waals surface area contributed by atoms with Gasteiger partial charge in [-0.25, -0.2) is 0 Å². The van der Waals surface area contributed by atoms with Crippen LogP contribution in [-0.2, 0) is 0 Å². The van der Waals surface area contributed by atoms with Crippen LogP contribution in [0.15, 0.2) is 72.1 Å². The number of para-hydroxylation sites is 2. The molecule has 1 unspecified atom stereocenters. The molecule has 0 aliphatic carbocycles. The van der Waals surface area contributed by atoms with Gasteiger partial charge in [-0.15, -0.1) is 11.3 Å². The molecule has 132 valence electrons. The molecular weight excluding hydrogens is 352 g/mol. The van der Waals surface area contributed by atoms with Crippen LogP contribution in [0.25, 0.3) is 21.3 Å². The Bertz CT molecular complexity index is 1140. The van der Waals surface area contributed by atoms with Crippen molar-refractivity contribution in [3.63, 3.8) is 0 Å². The summed E-state index contributed by atoms with van der Waals surface area (Å²) < 4.78 is 0. The topological polar surface area (TPSA) is 33.2 Å². The second-order valence-corrected chi connectivity index (χ2v) is 7.84. The van der Waals surface area contributed by atoms with Gasteiger partial charge in [0.2, 0.25) is 0 Å². The first kappa shape index (κ1) is 16.2. The van der Waals surface area contributed by atoms with E-state index in [0.717, 1.165) is 38.3 Å². The Kier molecular flexibility index (Phi) is 3.80. The molecule has 2 aromatic heterocycles. The fourth-order valence-electron chi connectivity index (χ4n) is 3.89. The van der Waals surface area contributed by atoms with Gasteiger partial charge in [0.05, 0.1) is 16.8 Å². The van der Waals surface area contributed by atoms with Crippen LogP contribution >= 0.6 is 11.3 Å². The minimum absolute atomic E-state index is 0.0379. The summed E-state index contributed by atoms with van der Waals surface area (Å²) in [4.78, 5) is 21.5. The molecule has 4 aromatic rings. The molecule has 0 N–H and O–H groups in total. The number of hydrogen-bond donors (Lipinski definition) is 0. The Hall–Kier alpha value is -2.98. The van der Waals surface area contributed by atoms with E-state index in [1.165, 1.54) is 0 Å². The van der Waals surface area contributed by atoms with Gasteiger partial charge in [0.25, 0.3) is 5.91 Å². The number of thiophene rings is 1. The van der Waals surface area contributed by atoms with Gasteiger partial charge in [-0.3, -0.25) is 9.78 Å². The van der Waals surface area contributed by atoms with Crippen LogP contribution in [0, 0.1) is 0 Å². The van der Waals surface area contributed by atoms with E-state index in [1.807, 2.05) is 59.5 Å². The molecular formula is C23H18N2OS. The summed E-state index contributed by atoms with van der Waals surface area (Å²) in [6, 6.07) is 22.2. The fraction of sp³-hybridized carbons (Fsp3) is 0.130. The molecule has 0 saturated carbocycles. The van der Waals surface area contributed by atoms with Crippen LogP contribution in [0.3, 0.4) is 0 Å². The molecule has 27 heavy (non-hydrogen) atoms. The molecule has 0 radical (unpaired) electrons. The monoisotopic (exact) mass is 370 g/mol. The lowest BCUT2D eigenvalue weighted by molar-refractivity contribution is 0.0977. The number of carbonyl (C=O) groups is 1. The minimum Gasteiger partial charge on any atom is -0.308 e. The van der Waals surface area contributed by atoms with Crippen molar-refractivity contribution in [3.8, 4) is 10.4 Å². The highest BCUT2D eigenvalue weighted by atomic mass is 32.1. The Morgan fingerprint density at radius 3 is 2.52 bits per heavy atom. The average Bonchev–Trinajstić information content (AvgIpc) is 3.24. The molecule has 5 rings (SSSR count). The van der Waals surface area contributed by atoms with Crippen molar-refractivity contribution < 1.29 is 4.79 Å². The highest BCUT2D eigenvalue weighted by Crippen LogP contribution is 2.41. The van der Waals surface area contributed by atoms with Crippen molar-refractivity contribution >= 4 is 33.8 Å². The summed E-state index contributed by atoms with van der Waals surface area (Å²) in [6.45, 7) is 2.80. The molecule has 1 amide bonds. The molecule has 0 spiro atoms. The zero-order valence-corrected chi connectivity index (χ0v) is 15.7. The van der Waals surface area contributed by atoms with E-state index < -0.39 is 0 Å². The van der Waals surface area contributed by atoms with Crippen molar-refractivity contribution in [2.24, 2.45) is 0 Å². The minimum atomic E-state index is 0.0379. The number of amides is 1. The maximum atomic E-state index is 13.6. The molecule has 4 heteroatoms. The Morgan fingerprint density at radius 2 is 1.74 bits per heavy atom. The first-order valence-corrected chi connectivity index (χ1v) is 9.95. The van der Waals surface area contributed by atoms with Gasteiger partial charge in [-0.1, -0.05) is 49.4 Å². The third-order valence-electron chi connectivity index (χ3n) is 5.14. The molecule has 0 fully saturated rings. The maximum absolute atomic E-state index is 13.6. The largest absolute Gasteiger partial charge is 0.308 e. The number of rotatable bonds is 2.